The van der Waals surface area contributed by atoms with Gasteiger partial charge in [-0.05, 0) is 35.2 Å². The summed E-state index contributed by atoms with van der Waals surface area (Å²) in [7, 11) is 0. The normalized spacial score (nSPS) is 12.1. The highest BCUT2D eigenvalue weighted by Crippen LogP contribution is 2.33. The Hall–Kier alpha value is -4.38. The first-order chi connectivity index (χ1) is 16.8. The van der Waals surface area contributed by atoms with E-state index in [1.165, 1.54) is 0 Å². The SMILES string of the molecule is CC(C)(C)c1ccc2[nH]c3c(cc(Nc4ccccc4)c4c(=O)c5ccccc5c(=O)c43)oc2c1. The minimum Gasteiger partial charge on any atom is -0.453 e. The number of para-hydroxylation sites is 1. The summed E-state index contributed by atoms with van der Waals surface area (Å²) in [4.78, 5) is 30.8. The molecule has 0 aliphatic carbocycles. The Labute approximate surface area is 201 Å². The van der Waals surface area contributed by atoms with Gasteiger partial charge in [0, 0.05) is 22.5 Å². The van der Waals surface area contributed by atoms with E-state index in [1.54, 1.807) is 30.3 Å². The predicted octanol–water partition coefficient (Wildman–Crippen LogP) is 6.98. The molecule has 0 fully saturated rings. The van der Waals surface area contributed by atoms with Crippen LogP contribution in [0.1, 0.15) is 26.3 Å². The molecule has 0 saturated carbocycles. The Kier molecular flexibility index (Phi) is 4.58. The molecule has 0 radical (unpaired) electrons. The van der Waals surface area contributed by atoms with E-state index in [1.807, 2.05) is 42.5 Å². The second-order valence-corrected chi connectivity index (χ2v) is 9.93. The van der Waals surface area contributed by atoms with Crippen LogP contribution < -0.4 is 16.2 Å². The molecule has 0 unspecified atom stereocenters. The van der Waals surface area contributed by atoms with Gasteiger partial charge in [-0.2, -0.15) is 0 Å². The number of hydrogen-bond acceptors (Lipinski definition) is 4. The summed E-state index contributed by atoms with van der Waals surface area (Å²) in [6, 6.07) is 24.4. The predicted molar refractivity (Wildman–Crippen MR) is 144 cm³/mol. The molecule has 2 N–H and O–H groups in total. The van der Waals surface area contributed by atoms with Crippen LogP contribution in [0.3, 0.4) is 0 Å². The molecule has 1 heterocycles. The van der Waals surface area contributed by atoms with Crippen LogP contribution in [0.5, 0.6) is 0 Å². The van der Waals surface area contributed by atoms with Crippen molar-refractivity contribution in [1.82, 2.24) is 4.98 Å². The summed E-state index contributed by atoms with van der Waals surface area (Å²) in [6.07, 6.45) is 0. The molecule has 0 bridgehead atoms. The first-order valence-corrected chi connectivity index (χ1v) is 11.6. The largest absolute Gasteiger partial charge is 0.453 e. The van der Waals surface area contributed by atoms with Crippen LogP contribution in [0.4, 0.5) is 11.4 Å². The fraction of sp³-hybridized carbons (Fsp3) is 0.133. The Morgan fingerprint density at radius 3 is 2.09 bits per heavy atom. The molecule has 5 aromatic carbocycles. The van der Waals surface area contributed by atoms with Crippen molar-refractivity contribution in [2.45, 2.75) is 26.2 Å². The van der Waals surface area contributed by atoms with Crippen LogP contribution in [0.25, 0.3) is 43.7 Å². The molecule has 6 rings (SSSR count). The van der Waals surface area contributed by atoms with Crippen LogP contribution in [0.15, 0.2) is 92.9 Å². The number of aromatic amines is 1. The number of H-pyrrole nitrogens is 1. The van der Waals surface area contributed by atoms with E-state index in [0.717, 1.165) is 16.8 Å². The van der Waals surface area contributed by atoms with Crippen molar-refractivity contribution in [3.63, 3.8) is 0 Å². The molecular formula is C30H24N2O3. The van der Waals surface area contributed by atoms with Crippen molar-refractivity contribution in [3.05, 3.63) is 105 Å². The first-order valence-electron chi connectivity index (χ1n) is 11.6. The molecule has 0 aliphatic rings. The quantitative estimate of drug-likeness (QED) is 0.216. The van der Waals surface area contributed by atoms with Crippen molar-refractivity contribution in [2.75, 3.05) is 5.32 Å². The average molecular weight is 461 g/mol. The fourth-order valence-corrected chi connectivity index (χ4v) is 4.68. The van der Waals surface area contributed by atoms with Crippen LogP contribution >= 0.6 is 0 Å². The Bertz CT molecular complexity index is 1890. The van der Waals surface area contributed by atoms with Crippen LogP contribution in [0, 0.1) is 0 Å². The Balaban J connectivity index is 1.77. The molecule has 0 spiro atoms. The zero-order valence-corrected chi connectivity index (χ0v) is 19.7. The number of aromatic nitrogens is 1. The van der Waals surface area contributed by atoms with Crippen molar-refractivity contribution < 1.29 is 4.42 Å². The molecule has 0 saturated heterocycles. The third-order valence-corrected chi connectivity index (χ3v) is 6.54. The summed E-state index contributed by atoms with van der Waals surface area (Å²) >= 11 is 0. The summed E-state index contributed by atoms with van der Waals surface area (Å²) in [5.74, 6) is 0. The molecule has 0 aliphatic heterocycles. The van der Waals surface area contributed by atoms with Crippen molar-refractivity contribution in [2.24, 2.45) is 0 Å². The van der Waals surface area contributed by atoms with E-state index in [9.17, 15) is 9.59 Å². The van der Waals surface area contributed by atoms with Crippen LogP contribution in [-0.2, 0) is 5.41 Å². The fourth-order valence-electron chi connectivity index (χ4n) is 4.68. The molecule has 5 heteroatoms. The lowest BCUT2D eigenvalue weighted by Crippen LogP contribution is -2.15. The molecular weight excluding hydrogens is 436 g/mol. The molecule has 35 heavy (non-hydrogen) atoms. The van der Waals surface area contributed by atoms with E-state index >= 15 is 0 Å². The first kappa shape index (κ1) is 21.2. The van der Waals surface area contributed by atoms with E-state index in [0.29, 0.717) is 43.9 Å². The van der Waals surface area contributed by atoms with Gasteiger partial charge in [0.15, 0.2) is 22.0 Å². The second-order valence-electron chi connectivity index (χ2n) is 9.93. The van der Waals surface area contributed by atoms with E-state index in [-0.39, 0.29) is 16.3 Å². The van der Waals surface area contributed by atoms with Gasteiger partial charge in [0.2, 0.25) is 0 Å². The minimum absolute atomic E-state index is 0.0410. The molecule has 5 nitrogen and oxygen atoms in total. The summed E-state index contributed by atoms with van der Waals surface area (Å²) < 4.78 is 6.36. The third-order valence-electron chi connectivity index (χ3n) is 6.54. The average Bonchev–Trinajstić information content (AvgIpc) is 2.85. The van der Waals surface area contributed by atoms with E-state index < -0.39 is 0 Å². The van der Waals surface area contributed by atoms with E-state index in [2.05, 4.69) is 37.1 Å². The number of fused-ring (bicyclic) bond motifs is 5. The van der Waals surface area contributed by atoms with Gasteiger partial charge in [0.1, 0.15) is 0 Å². The molecule has 0 atom stereocenters. The van der Waals surface area contributed by atoms with Crippen molar-refractivity contribution in [1.29, 1.82) is 0 Å². The maximum absolute atomic E-state index is 13.8. The monoisotopic (exact) mass is 460 g/mol. The highest BCUT2D eigenvalue weighted by molar-refractivity contribution is 6.15. The van der Waals surface area contributed by atoms with Gasteiger partial charge in [-0.3, -0.25) is 9.59 Å². The summed E-state index contributed by atoms with van der Waals surface area (Å²) in [5.41, 5.74) is 4.52. The van der Waals surface area contributed by atoms with Gasteiger partial charge < -0.3 is 14.7 Å². The summed E-state index contributed by atoms with van der Waals surface area (Å²) in [6.45, 7) is 6.46. The molecule has 172 valence electrons. The molecule has 0 amide bonds. The summed E-state index contributed by atoms with van der Waals surface area (Å²) in [5, 5.41) is 4.83. The maximum atomic E-state index is 13.8. The highest BCUT2D eigenvalue weighted by atomic mass is 16.3. The Morgan fingerprint density at radius 1 is 0.743 bits per heavy atom. The lowest BCUT2D eigenvalue weighted by atomic mass is 9.87. The molecule has 6 aromatic rings. The standard InChI is InChI=1S/C30H24N2O3/c1-30(2,3)17-13-14-21-23(15-17)35-24-16-22(31-18-9-5-4-6-10-18)25-26(27(24)32-21)29(34)20-12-8-7-11-19(20)28(25)33/h4-16,31-32H,1-3H3. The highest BCUT2D eigenvalue weighted by Gasteiger charge is 2.20. The lowest BCUT2D eigenvalue weighted by molar-refractivity contribution is 0.586. The van der Waals surface area contributed by atoms with Crippen LogP contribution in [0.2, 0.25) is 0 Å². The zero-order chi connectivity index (χ0) is 24.3. The van der Waals surface area contributed by atoms with E-state index in [4.69, 9.17) is 4.42 Å². The smallest absolute Gasteiger partial charge is 0.196 e. The lowest BCUT2D eigenvalue weighted by Gasteiger charge is -2.19. The van der Waals surface area contributed by atoms with Gasteiger partial charge in [-0.15, -0.1) is 0 Å². The zero-order valence-electron chi connectivity index (χ0n) is 19.7. The Morgan fingerprint density at radius 2 is 1.40 bits per heavy atom. The van der Waals surface area contributed by atoms with Gasteiger partial charge in [0.05, 0.1) is 27.5 Å². The van der Waals surface area contributed by atoms with Crippen LogP contribution in [-0.4, -0.2) is 4.98 Å². The minimum atomic E-state index is -0.200. The number of anilines is 2. The van der Waals surface area contributed by atoms with Gasteiger partial charge in [-0.1, -0.05) is 69.3 Å². The maximum Gasteiger partial charge on any atom is 0.196 e. The van der Waals surface area contributed by atoms with Gasteiger partial charge in [0.25, 0.3) is 0 Å². The number of rotatable bonds is 2. The number of nitrogens with one attached hydrogen (secondary N) is 2. The van der Waals surface area contributed by atoms with Crippen molar-refractivity contribution in [3.8, 4) is 0 Å². The molecule has 1 aromatic heterocycles. The van der Waals surface area contributed by atoms with Crippen molar-refractivity contribution >= 4 is 55.1 Å². The van der Waals surface area contributed by atoms with Gasteiger partial charge in [-0.25, -0.2) is 0 Å². The third kappa shape index (κ3) is 3.39. The second kappa shape index (κ2) is 7.57. The van der Waals surface area contributed by atoms with Gasteiger partial charge >= 0.3 is 0 Å². The number of hydrogen-bond donors (Lipinski definition) is 2. The number of benzene rings is 5. The topological polar surface area (TPSA) is 75.1 Å².